The van der Waals surface area contributed by atoms with Crippen molar-refractivity contribution in [3.63, 3.8) is 0 Å². The highest BCUT2D eigenvalue weighted by molar-refractivity contribution is 5.19. The lowest BCUT2D eigenvalue weighted by molar-refractivity contribution is 0.157. The van der Waals surface area contributed by atoms with Crippen LogP contribution in [0.2, 0.25) is 0 Å². The van der Waals surface area contributed by atoms with Crippen LogP contribution in [0.1, 0.15) is 76.2 Å². The number of hydrogen-bond donors (Lipinski definition) is 0. The predicted molar refractivity (Wildman–Crippen MR) is 84.5 cm³/mol. The second kappa shape index (κ2) is 7.23. The van der Waals surface area contributed by atoms with E-state index in [0.717, 1.165) is 49.5 Å². The molecule has 2 saturated carbocycles. The predicted octanol–water partition coefficient (Wildman–Crippen LogP) is 5.99. The van der Waals surface area contributed by atoms with Gasteiger partial charge in [0.2, 0.25) is 5.95 Å². The zero-order valence-corrected chi connectivity index (χ0v) is 13.8. The van der Waals surface area contributed by atoms with Crippen molar-refractivity contribution in [3.8, 4) is 0 Å². The summed E-state index contributed by atoms with van der Waals surface area (Å²) in [5.41, 5.74) is 0.261. The minimum absolute atomic E-state index is 0.0131. The molecule has 1 aromatic rings. The number of aromatic nitrogens is 1. The normalized spacial score (nSPS) is 32.0. The molecule has 0 spiro atoms. The monoisotopic (exact) mass is 325 g/mol. The van der Waals surface area contributed by atoms with Crippen molar-refractivity contribution in [2.45, 2.75) is 70.6 Å². The number of nitrogens with zero attached hydrogens (tertiary/aromatic N) is 1. The number of pyridine rings is 1. The summed E-state index contributed by atoms with van der Waals surface area (Å²) in [6.07, 6.45) is 10.5. The van der Waals surface area contributed by atoms with Crippen LogP contribution in [-0.4, -0.2) is 4.98 Å². The molecule has 0 unspecified atom stereocenters. The summed E-state index contributed by atoms with van der Waals surface area (Å²) < 4.78 is 40.1. The van der Waals surface area contributed by atoms with Gasteiger partial charge in [-0.2, -0.15) is 13.8 Å². The number of hydrogen-bond acceptors (Lipinski definition) is 1. The molecule has 4 heteroatoms. The fraction of sp³-hybridized carbons (Fsp3) is 0.737. The molecule has 0 aromatic carbocycles. The minimum atomic E-state index is -1.34. The molecule has 2 fully saturated rings. The SMILES string of the molecule is CCC1CCC(C2CCC(c3cc(F)c(F)nc3F)CC2)CC1. The molecular weight excluding hydrogens is 299 g/mol. The van der Waals surface area contributed by atoms with E-state index in [1.165, 1.54) is 32.1 Å². The van der Waals surface area contributed by atoms with Crippen LogP contribution in [-0.2, 0) is 0 Å². The molecule has 0 aliphatic heterocycles. The van der Waals surface area contributed by atoms with Gasteiger partial charge >= 0.3 is 0 Å². The Balaban J connectivity index is 1.58. The smallest absolute Gasteiger partial charge is 0.202 e. The Bertz CT molecular complexity index is 530. The van der Waals surface area contributed by atoms with Gasteiger partial charge in [0.25, 0.3) is 5.95 Å². The molecule has 0 atom stereocenters. The molecule has 2 aliphatic carbocycles. The third-order valence-electron chi connectivity index (χ3n) is 6.26. The van der Waals surface area contributed by atoms with Gasteiger partial charge in [-0.1, -0.05) is 26.2 Å². The molecule has 1 aromatic heterocycles. The van der Waals surface area contributed by atoms with E-state index in [1.807, 2.05) is 0 Å². The Hall–Kier alpha value is -1.06. The zero-order chi connectivity index (χ0) is 16.4. The van der Waals surface area contributed by atoms with Crippen molar-refractivity contribution in [3.05, 3.63) is 29.3 Å². The molecule has 0 amide bonds. The summed E-state index contributed by atoms with van der Waals surface area (Å²) in [5, 5.41) is 0. The first-order chi connectivity index (χ1) is 11.1. The van der Waals surface area contributed by atoms with E-state index in [4.69, 9.17) is 0 Å². The molecule has 0 N–H and O–H groups in total. The van der Waals surface area contributed by atoms with Crippen LogP contribution in [0.5, 0.6) is 0 Å². The summed E-state index contributed by atoms with van der Waals surface area (Å²) in [6.45, 7) is 2.28. The lowest BCUT2D eigenvalue weighted by atomic mass is 9.68. The Morgan fingerprint density at radius 2 is 1.43 bits per heavy atom. The maximum absolute atomic E-state index is 13.8. The second-order valence-corrected chi connectivity index (χ2v) is 7.44. The molecule has 3 rings (SSSR count). The van der Waals surface area contributed by atoms with E-state index in [0.29, 0.717) is 0 Å². The maximum Gasteiger partial charge on any atom is 0.251 e. The molecule has 2 aliphatic rings. The maximum atomic E-state index is 13.8. The lowest BCUT2D eigenvalue weighted by Gasteiger charge is -2.37. The number of halogens is 3. The van der Waals surface area contributed by atoms with Crippen molar-refractivity contribution < 1.29 is 13.2 Å². The van der Waals surface area contributed by atoms with Gasteiger partial charge in [0.1, 0.15) is 0 Å². The van der Waals surface area contributed by atoms with Gasteiger partial charge in [0.15, 0.2) is 5.82 Å². The van der Waals surface area contributed by atoms with Crippen LogP contribution in [0.15, 0.2) is 6.07 Å². The van der Waals surface area contributed by atoms with Crippen molar-refractivity contribution >= 4 is 0 Å². The van der Waals surface area contributed by atoms with Crippen molar-refractivity contribution in [2.24, 2.45) is 17.8 Å². The topological polar surface area (TPSA) is 12.9 Å². The average molecular weight is 325 g/mol. The molecule has 128 valence electrons. The van der Waals surface area contributed by atoms with Gasteiger partial charge < -0.3 is 0 Å². The van der Waals surface area contributed by atoms with Gasteiger partial charge in [-0.25, -0.2) is 4.39 Å². The second-order valence-electron chi connectivity index (χ2n) is 7.44. The van der Waals surface area contributed by atoms with E-state index in [1.54, 1.807) is 0 Å². The number of rotatable bonds is 3. The summed E-state index contributed by atoms with van der Waals surface area (Å²) in [6, 6.07) is 1.01. The average Bonchev–Trinajstić information content (AvgIpc) is 2.58. The van der Waals surface area contributed by atoms with Gasteiger partial charge in [0, 0.05) is 5.56 Å². The van der Waals surface area contributed by atoms with E-state index in [9.17, 15) is 13.2 Å². The van der Waals surface area contributed by atoms with E-state index < -0.39 is 17.7 Å². The first kappa shape index (κ1) is 16.8. The van der Waals surface area contributed by atoms with Crippen LogP contribution in [0, 0.1) is 35.5 Å². The largest absolute Gasteiger partial charge is 0.251 e. The van der Waals surface area contributed by atoms with Crippen molar-refractivity contribution in [1.29, 1.82) is 0 Å². The fourth-order valence-corrected chi connectivity index (χ4v) is 4.72. The van der Waals surface area contributed by atoms with Crippen LogP contribution < -0.4 is 0 Å². The Kier molecular flexibility index (Phi) is 5.27. The van der Waals surface area contributed by atoms with E-state index in [2.05, 4.69) is 11.9 Å². The highest BCUT2D eigenvalue weighted by atomic mass is 19.2. The first-order valence-electron chi connectivity index (χ1n) is 9.09. The summed E-state index contributed by atoms with van der Waals surface area (Å²) in [7, 11) is 0. The summed E-state index contributed by atoms with van der Waals surface area (Å²) >= 11 is 0. The van der Waals surface area contributed by atoms with Gasteiger partial charge in [-0.3, -0.25) is 0 Å². The molecular formula is C19H26F3N. The van der Waals surface area contributed by atoms with Crippen LogP contribution in [0.4, 0.5) is 13.2 Å². The summed E-state index contributed by atoms with van der Waals surface area (Å²) in [4.78, 5) is 3.07. The van der Waals surface area contributed by atoms with Gasteiger partial charge in [-0.15, -0.1) is 0 Å². The Morgan fingerprint density at radius 3 is 2.00 bits per heavy atom. The van der Waals surface area contributed by atoms with E-state index in [-0.39, 0.29) is 11.5 Å². The van der Waals surface area contributed by atoms with Gasteiger partial charge in [0.05, 0.1) is 0 Å². The molecule has 0 radical (unpaired) electrons. The Labute approximate surface area is 136 Å². The molecule has 23 heavy (non-hydrogen) atoms. The zero-order valence-electron chi connectivity index (χ0n) is 13.8. The van der Waals surface area contributed by atoms with Crippen LogP contribution in [0.3, 0.4) is 0 Å². The molecule has 1 nitrogen and oxygen atoms in total. The highest BCUT2D eigenvalue weighted by Gasteiger charge is 2.32. The Morgan fingerprint density at radius 1 is 0.870 bits per heavy atom. The quantitative estimate of drug-likeness (QED) is 0.622. The first-order valence-corrected chi connectivity index (χ1v) is 9.09. The lowest BCUT2D eigenvalue weighted by Crippen LogP contribution is -2.25. The van der Waals surface area contributed by atoms with Crippen LogP contribution >= 0.6 is 0 Å². The standard InChI is InChI=1S/C19H26F3N/c1-2-12-3-5-13(6-4-12)14-7-9-15(10-8-14)16-11-17(20)19(22)23-18(16)21/h11-15H,2-10H2,1H3. The van der Waals surface area contributed by atoms with Gasteiger partial charge in [-0.05, 0) is 68.3 Å². The highest BCUT2D eigenvalue weighted by Crippen LogP contribution is 2.44. The molecule has 1 heterocycles. The minimum Gasteiger partial charge on any atom is -0.202 e. The van der Waals surface area contributed by atoms with Crippen LogP contribution in [0.25, 0.3) is 0 Å². The third-order valence-corrected chi connectivity index (χ3v) is 6.26. The molecule has 0 bridgehead atoms. The summed E-state index contributed by atoms with van der Waals surface area (Å²) in [5.74, 6) is -0.785. The van der Waals surface area contributed by atoms with Crippen molar-refractivity contribution in [1.82, 2.24) is 4.98 Å². The molecule has 0 saturated heterocycles. The van der Waals surface area contributed by atoms with E-state index >= 15 is 0 Å². The third kappa shape index (κ3) is 3.72. The van der Waals surface area contributed by atoms with Crippen molar-refractivity contribution in [2.75, 3.05) is 0 Å². The fourth-order valence-electron chi connectivity index (χ4n) is 4.72.